The van der Waals surface area contributed by atoms with Crippen LogP contribution in [-0.4, -0.2) is 105 Å². The Morgan fingerprint density at radius 1 is 0.696 bits per heavy atom. The molecule has 0 radical (unpaired) electrons. The number of likely N-dealkylation sites (N-methyl/N-ethyl adjacent to an activating group) is 2. The van der Waals surface area contributed by atoms with Gasteiger partial charge in [0.05, 0.1) is 36.5 Å². The number of fused-ring (bicyclic) bond motifs is 2. The summed E-state index contributed by atoms with van der Waals surface area (Å²) in [4.78, 5) is 42.2. The van der Waals surface area contributed by atoms with Crippen LogP contribution in [0.4, 0.5) is 41.7 Å². The number of carbonyl (C=O) groups excluding carboxylic acids is 2. The summed E-state index contributed by atoms with van der Waals surface area (Å²) < 4.78 is 85.5. The van der Waals surface area contributed by atoms with E-state index in [-0.39, 0.29) is 56.8 Å². The van der Waals surface area contributed by atoms with Gasteiger partial charge in [0.2, 0.25) is 10.6 Å². The monoisotopic (exact) mass is 1060 g/mol. The van der Waals surface area contributed by atoms with Crippen LogP contribution in [0.5, 0.6) is 0 Å². The number of amides is 2. The zero-order valence-electron chi connectivity index (χ0n) is 36.5. The number of alkyl carbamates (subject to hydrolysis) is 2. The number of alkyl halides is 6. The van der Waals surface area contributed by atoms with Gasteiger partial charge in [0.15, 0.2) is 0 Å². The lowest BCUT2D eigenvalue weighted by molar-refractivity contribution is -0.127. The van der Waals surface area contributed by atoms with E-state index in [1.165, 1.54) is 12.1 Å². The van der Waals surface area contributed by atoms with Crippen LogP contribution in [0.1, 0.15) is 46.6 Å². The molecule has 0 spiro atoms. The van der Waals surface area contributed by atoms with Gasteiger partial charge in [-0.3, -0.25) is 0 Å². The van der Waals surface area contributed by atoms with Gasteiger partial charge in [-0.05, 0) is 79.2 Å². The maximum atomic E-state index is 12.9. The number of hydrogen-bond acceptors (Lipinski definition) is 14. The molecule has 8 rings (SSSR count). The van der Waals surface area contributed by atoms with Gasteiger partial charge in [-0.15, -0.1) is 22.7 Å². The third-order valence-corrected chi connectivity index (χ3v) is 13.5. The third kappa shape index (κ3) is 16.1. The van der Waals surface area contributed by atoms with E-state index in [2.05, 4.69) is 35.9 Å². The van der Waals surface area contributed by atoms with Crippen molar-refractivity contribution in [2.24, 2.45) is 0 Å². The predicted octanol–water partition coefficient (Wildman–Crippen LogP) is 9.83. The van der Waals surface area contributed by atoms with Crippen molar-refractivity contribution < 1.29 is 55.6 Å². The van der Waals surface area contributed by atoms with Gasteiger partial charge in [-0.2, -0.15) is 31.3 Å². The molecule has 0 aliphatic heterocycles. The van der Waals surface area contributed by atoms with Gasteiger partial charge >= 0.3 is 24.5 Å². The fraction of sp³-hybridized carbons (Fsp3) is 0.409. The van der Waals surface area contributed by atoms with Crippen molar-refractivity contribution in [3.8, 4) is 0 Å². The lowest BCUT2D eigenvalue weighted by atomic mass is 10.1. The number of halogens is 9. The fourth-order valence-electron chi connectivity index (χ4n) is 7.67. The molecule has 4 aromatic heterocycles. The number of aliphatic hydroxyl groups is 2. The summed E-state index contributed by atoms with van der Waals surface area (Å²) in [7, 11) is 3.49. The first-order valence-electron chi connectivity index (χ1n) is 21.0. The summed E-state index contributed by atoms with van der Waals surface area (Å²) in [6.07, 6.45) is -10.9. The molecule has 6 atom stereocenters. The van der Waals surface area contributed by atoms with Gasteiger partial charge in [0, 0.05) is 40.3 Å². The second-order valence-corrected chi connectivity index (χ2v) is 19.3. The van der Waals surface area contributed by atoms with Gasteiger partial charge in [0.25, 0.3) is 0 Å². The molecule has 4 heterocycles. The normalized spacial score (nSPS) is 20.1. The highest BCUT2D eigenvalue weighted by Gasteiger charge is 2.38. The number of thiophene rings is 2. The molecule has 372 valence electrons. The molecule has 2 amide bonds. The van der Waals surface area contributed by atoms with Gasteiger partial charge in [-0.1, -0.05) is 72.3 Å². The highest BCUT2D eigenvalue weighted by Crippen LogP contribution is 2.38. The summed E-state index contributed by atoms with van der Waals surface area (Å²) in [6.45, 7) is 0.387. The van der Waals surface area contributed by atoms with Crippen LogP contribution in [0.25, 0.3) is 20.4 Å². The average Bonchev–Trinajstić information content (AvgIpc) is 4.06. The molecule has 0 saturated heterocycles. The Balaban J connectivity index is 0.000000188. The average molecular weight is 1070 g/mol. The van der Waals surface area contributed by atoms with E-state index >= 15 is 0 Å². The van der Waals surface area contributed by atoms with Crippen LogP contribution in [0.2, 0.25) is 15.7 Å². The number of aromatic nitrogens is 4. The maximum absolute atomic E-state index is 12.9. The van der Waals surface area contributed by atoms with Crippen molar-refractivity contribution in [3.05, 3.63) is 109 Å². The molecule has 0 unspecified atom stereocenters. The molecule has 0 bridgehead atoms. The van der Waals surface area contributed by atoms with Crippen molar-refractivity contribution in [3.63, 3.8) is 0 Å². The Morgan fingerprint density at radius 2 is 1.16 bits per heavy atom. The van der Waals surface area contributed by atoms with Crippen LogP contribution in [0.15, 0.2) is 72.8 Å². The standard InChI is InChI=1S/C22H22ClF3N4O3S.C14H20N2O3.C8H3Cl2F3N2S/c1-30(18-15-9-14(10-22(24,25)26)34-19(15)29-20(23)28-18)16-7-13(8-17(16)31)27-21(32)33-11-12-5-3-2-4-6-12;1-15-12-7-11(8-13(12)17)16-14(18)19-9-10-5-3-2-4-6-10;9-5-4-1-3(2-8(11,12)13)16-6(4)15-7(10)14-5/h2-6,9,13,16-17,31H,7-8,10-11H2,1H3,(H,27,32);2-6,11-13,15,17H,7-9H2,1H3,(H,16,18);1H,2H2/t13-,16+,17-;11-,12+,13-;/m11./s1. The van der Waals surface area contributed by atoms with Crippen molar-refractivity contribution in [1.82, 2.24) is 35.9 Å². The Hall–Kier alpha value is -4.81. The number of ether oxygens (including phenoxy) is 2. The number of nitrogens with one attached hydrogen (secondary N) is 3. The first-order valence-corrected chi connectivity index (χ1v) is 23.8. The molecule has 2 aliphatic carbocycles. The van der Waals surface area contributed by atoms with Crippen LogP contribution < -0.4 is 20.9 Å². The van der Waals surface area contributed by atoms with E-state index in [1.54, 1.807) is 11.9 Å². The highest BCUT2D eigenvalue weighted by atomic mass is 35.5. The molecular weight excluding hydrogens is 1020 g/mol. The molecule has 2 fully saturated rings. The quantitative estimate of drug-likeness (QED) is 0.0471. The molecule has 5 N–H and O–H groups in total. The topological polar surface area (TPSA) is 184 Å². The molecule has 2 saturated carbocycles. The van der Waals surface area contributed by atoms with Crippen molar-refractivity contribution >= 4 is 95.9 Å². The molecule has 14 nitrogen and oxygen atoms in total. The summed E-state index contributed by atoms with van der Waals surface area (Å²) in [5, 5.41) is 29.7. The highest BCUT2D eigenvalue weighted by molar-refractivity contribution is 7.19. The molecule has 25 heteroatoms. The lowest BCUT2D eigenvalue weighted by Crippen LogP contribution is -2.39. The van der Waals surface area contributed by atoms with E-state index in [1.807, 2.05) is 67.7 Å². The van der Waals surface area contributed by atoms with Gasteiger partial charge in [-0.25, -0.2) is 24.5 Å². The van der Waals surface area contributed by atoms with Crippen molar-refractivity contribution in [1.29, 1.82) is 0 Å². The predicted molar refractivity (Wildman–Crippen MR) is 252 cm³/mol. The summed E-state index contributed by atoms with van der Waals surface area (Å²) in [5.41, 5.74) is 1.81. The zero-order chi connectivity index (χ0) is 50.0. The first kappa shape index (κ1) is 53.5. The third-order valence-electron chi connectivity index (χ3n) is 10.8. The minimum absolute atomic E-state index is 0.0317. The molecular formula is C44H45Cl3F6N8O6S2. The first-order chi connectivity index (χ1) is 32.6. The number of aliphatic hydroxyl groups excluding tert-OH is 2. The lowest BCUT2D eigenvalue weighted by Gasteiger charge is -2.28. The summed E-state index contributed by atoms with van der Waals surface area (Å²) in [5.74, 6) is 0.330. The number of benzene rings is 2. The molecule has 6 aromatic rings. The van der Waals surface area contributed by atoms with Crippen LogP contribution in [0.3, 0.4) is 0 Å². The zero-order valence-corrected chi connectivity index (χ0v) is 40.4. The van der Waals surface area contributed by atoms with Crippen molar-refractivity contribution in [2.45, 2.75) is 100 Å². The van der Waals surface area contributed by atoms with Crippen LogP contribution in [0, 0.1) is 0 Å². The summed E-state index contributed by atoms with van der Waals surface area (Å²) >= 11 is 19.1. The second kappa shape index (κ2) is 23.9. The minimum atomic E-state index is -4.35. The fourth-order valence-corrected chi connectivity index (χ4v) is 10.5. The van der Waals surface area contributed by atoms with E-state index in [9.17, 15) is 46.1 Å². The van der Waals surface area contributed by atoms with Crippen molar-refractivity contribution in [2.75, 3.05) is 19.0 Å². The number of hydrogen-bond donors (Lipinski definition) is 5. The van der Waals surface area contributed by atoms with E-state index in [0.29, 0.717) is 45.5 Å². The second-order valence-electron chi connectivity index (χ2n) is 16.0. The maximum Gasteiger partial charge on any atom is 0.407 e. The smallest absolute Gasteiger partial charge is 0.407 e. The Kier molecular flexibility index (Phi) is 18.5. The Morgan fingerprint density at radius 3 is 1.65 bits per heavy atom. The molecule has 2 aromatic carbocycles. The number of anilines is 1. The molecule has 69 heavy (non-hydrogen) atoms. The number of nitrogens with zero attached hydrogens (tertiary/aromatic N) is 5. The SMILES string of the molecule is CN(c1nc(Cl)nc2sc(CC(F)(F)F)cc12)[C@H]1C[C@@H](NC(=O)OCc2ccccc2)C[C@H]1O.CN[C@H]1C[C@@H](NC(=O)OCc2ccccc2)C[C@H]1O.FC(F)(F)Cc1cc2c(Cl)nc(Cl)nc2s1. The summed E-state index contributed by atoms with van der Waals surface area (Å²) in [6, 6.07) is 20.8. The van der Waals surface area contributed by atoms with Gasteiger partial charge in [0.1, 0.15) is 33.8 Å². The number of carbonyl (C=O) groups is 2. The van der Waals surface area contributed by atoms with E-state index < -0.39 is 55.6 Å². The number of rotatable bonds is 11. The van der Waals surface area contributed by atoms with E-state index in [0.717, 1.165) is 40.2 Å². The Bertz CT molecular complexity index is 2660. The van der Waals surface area contributed by atoms with Crippen LogP contribution in [-0.2, 0) is 35.5 Å². The molecule has 2 aliphatic rings. The Labute approximate surface area is 414 Å². The minimum Gasteiger partial charge on any atom is -0.445 e. The largest absolute Gasteiger partial charge is 0.445 e. The van der Waals surface area contributed by atoms with Gasteiger partial charge < -0.3 is 40.5 Å². The van der Waals surface area contributed by atoms with Crippen LogP contribution >= 0.6 is 57.5 Å². The van der Waals surface area contributed by atoms with E-state index in [4.69, 9.17) is 44.3 Å².